The van der Waals surface area contributed by atoms with Crippen LogP contribution >= 0.6 is 0 Å². The number of esters is 1. The highest BCUT2D eigenvalue weighted by Gasteiger charge is 2.61. The van der Waals surface area contributed by atoms with Crippen LogP contribution in [-0.2, 0) is 14.3 Å². The molecule has 122 valence electrons. The molecule has 1 N–H and O–H groups in total. The molecule has 0 heterocycles. The first-order chi connectivity index (χ1) is 9.36. The lowest BCUT2D eigenvalue weighted by Gasteiger charge is -2.25. The zero-order valence-electron chi connectivity index (χ0n) is 14.3. The van der Waals surface area contributed by atoms with E-state index in [-0.39, 0.29) is 11.9 Å². The standard InChI is InChI=1S/C15H29NO4Si/c1-11-10-15(11,12(17)20-14(2,3)4)16-13(18)19-8-9-21(5,6)7/h11H,8-10H2,1-7H3,(H,16,18). The molecule has 0 aromatic rings. The summed E-state index contributed by atoms with van der Waals surface area (Å²) in [5.41, 5.74) is -1.46. The maximum absolute atomic E-state index is 12.2. The fourth-order valence-corrected chi connectivity index (χ4v) is 2.69. The van der Waals surface area contributed by atoms with E-state index >= 15 is 0 Å². The van der Waals surface area contributed by atoms with Crippen LogP contribution in [0.3, 0.4) is 0 Å². The van der Waals surface area contributed by atoms with Gasteiger partial charge in [-0.3, -0.25) is 0 Å². The molecule has 0 radical (unpaired) electrons. The van der Waals surface area contributed by atoms with Crippen molar-refractivity contribution in [2.45, 2.75) is 70.9 Å². The molecule has 0 spiro atoms. The van der Waals surface area contributed by atoms with Gasteiger partial charge in [-0.1, -0.05) is 26.6 Å². The van der Waals surface area contributed by atoms with Crippen LogP contribution in [0.15, 0.2) is 0 Å². The SMILES string of the molecule is CC1CC1(NC(=O)OCC[Si](C)(C)C)C(=O)OC(C)(C)C. The van der Waals surface area contributed by atoms with Gasteiger partial charge in [0.15, 0.2) is 0 Å². The molecule has 1 aliphatic carbocycles. The highest BCUT2D eigenvalue weighted by molar-refractivity contribution is 6.76. The molecule has 6 heteroatoms. The Kier molecular flexibility index (Phi) is 5.13. The molecule has 0 bridgehead atoms. The predicted molar refractivity (Wildman–Crippen MR) is 85.0 cm³/mol. The minimum Gasteiger partial charge on any atom is -0.458 e. The Bertz CT molecular complexity index is 411. The Morgan fingerprint density at radius 2 is 1.81 bits per heavy atom. The van der Waals surface area contributed by atoms with Crippen molar-refractivity contribution in [3.05, 3.63) is 0 Å². The summed E-state index contributed by atoms with van der Waals surface area (Å²) in [7, 11) is -1.23. The lowest BCUT2D eigenvalue weighted by Crippen LogP contribution is -2.48. The molecule has 21 heavy (non-hydrogen) atoms. The fourth-order valence-electron chi connectivity index (χ4n) is 1.97. The first-order valence-electron chi connectivity index (χ1n) is 7.54. The summed E-state index contributed by atoms with van der Waals surface area (Å²) in [6.07, 6.45) is 0.0776. The van der Waals surface area contributed by atoms with E-state index in [9.17, 15) is 9.59 Å². The molecule has 1 rings (SSSR count). The van der Waals surface area contributed by atoms with Gasteiger partial charge >= 0.3 is 12.1 Å². The number of ether oxygens (including phenoxy) is 2. The Balaban J connectivity index is 2.51. The predicted octanol–water partition coefficient (Wildman–Crippen LogP) is 3.17. The first kappa shape index (κ1) is 18.0. The van der Waals surface area contributed by atoms with Crippen LogP contribution < -0.4 is 5.32 Å². The van der Waals surface area contributed by atoms with Gasteiger partial charge in [-0.2, -0.15) is 0 Å². The van der Waals surface area contributed by atoms with Crippen molar-refractivity contribution in [2.75, 3.05) is 6.61 Å². The number of alkyl carbamates (subject to hydrolysis) is 1. The van der Waals surface area contributed by atoms with Gasteiger partial charge in [0, 0.05) is 8.07 Å². The van der Waals surface area contributed by atoms with E-state index in [0.29, 0.717) is 13.0 Å². The molecule has 1 aliphatic rings. The quantitative estimate of drug-likeness (QED) is 0.625. The van der Waals surface area contributed by atoms with Crippen LogP contribution in [0.25, 0.3) is 0 Å². The van der Waals surface area contributed by atoms with E-state index in [2.05, 4.69) is 25.0 Å². The third-order valence-corrected chi connectivity index (χ3v) is 5.19. The lowest BCUT2D eigenvalue weighted by atomic mass is 10.1. The highest BCUT2D eigenvalue weighted by Crippen LogP contribution is 2.44. The largest absolute Gasteiger partial charge is 0.458 e. The molecule has 5 nitrogen and oxygen atoms in total. The maximum Gasteiger partial charge on any atom is 0.408 e. The second kappa shape index (κ2) is 5.99. The van der Waals surface area contributed by atoms with Crippen LogP contribution in [0.1, 0.15) is 34.1 Å². The van der Waals surface area contributed by atoms with E-state index in [0.717, 1.165) is 6.04 Å². The average molecular weight is 315 g/mol. The van der Waals surface area contributed by atoms with E-state index in [1.165, 1.54) is 0 Å². The highest BCUT2D eigenvalue weighted by atomic mass is 28.3. The number of nitrogens with one attached hydrogen (secondary N) is 1. The summed E-state index contributed by atoms with van der Waals surface area (Å²) in [6.45, 7) is 14.4. The molecule has 0 aliphatic heterocycles. The molecule has 1 saturated carbocycles. The van der Waals surface area contributed by atoms with E-state index < -0.39 is 25.3 Å². The van der Waals surface area contributed by atoms with Crippen LogP contribution in [0.2, 0.25) is 25.7 Å². The van der Waals surface area contributed by atoms with Gasteiger partial charge in [0.05, 0.1) is 6.61 Å². The van der Waals surface area contributed by atoms with Crippen molar-refractivity contribution < 1.29 is 19.1 Å². The van der Waals surface area contributed by atoms with Gasteiger partial charge in [0.2, 0.25) is 0 Å². The summed E-state index contributed by atoms with van der Waals surface area (Å²) >= 11 is 0. The van der Waals surface area contributed by atoms with Crippen molar-refractivity contribution >= 4 is 20.1 Å². The molecule has 1 fully saturated rings. The zero-order valence-corrected chi connectivity index (χ0v) is 15.3. The van der Waals surface area contributed by atoms with Crippen LogP contribution in [0.5, 0.6) is 0 Å². The van der Waals surface area contributed by atoms with E-state index in [1.807, 2.05) is 27.7 Å². The first-order valence-corrected chi connectivity index (χ1v) is 11.2. The Labute approximate surface area is 128 Å². The summed E-state index contributed by atoms with van der Waals surface area (Å²) < 4.78 is 10.6. The molecular formula is C15H29NO4Si. The number of carbonyl (C=O) groups is 2. The Morgan fingerprint density at radius 3 is 2.19 bits per heavy atom. The van der Waals surface area contributed by atoms with Crippen molar-refractivity contribution in [3.63, 3.8) is 0 Å². The normalized spacial score (nSPS) is 25.2. The van der Waals surface area contributed by atoms with Crippen LogP contribution in [-0.4, -0.2) is 37.9 Å². The van der Waals surface area contributed by atoms with Gasteiger partial charge in [0.1, 0.15) is 11.1 Å². The number of amides is 1. The zero-order chi connectivity index (χ0) is 16.5. The molecule has 0 aromatic heterocycles. The monoisotopic (exact) mass is 315 g/mol. The summed E-state index contributed by atoms with van der Waals surface area (Å²) in [6, 6.07) is 0.912. The minimum absolute atomic E-state index is 0.0805. The Morgan fingerprint density at radius 1 is 1.29 bits per heavy atom. The number of hydrogen-bond donors (Lipinski definition) is 1. The average Bonchev–Trinajstić information content (AvgIpc) is 2.85. The van der Waals surface area contributed by atoms with Crippen molar-refractivity contribution in [3.8, 4) is 0 Å². The smallest absolute Gasteiger partial charge is 0.408 e. The second-order valence-corrected chi connectivity index (χ2v) is 13.8. The minimum atomic E-state index is -1.23. The summed E-state index contributed by atoms with van der Waals surface area (Å²) in [5.74, 6) is -0.290. The van der Waals surface area contributed by atoms with E-state index in [1.54, 1.807) is 0 Å². The Hall–Kier alpha value is -1.04. The molecule has 2 unspecified atom stereocenters. The molecule has 2 atom stereocenters. The third-order valence-electron chi connectivity index (χ3n) is 3.48. The van der Waals surface area contributed by atoms with Crippen molar-refractivity contribution in [2.24, 2.45) is 5.92 Å². The number of hydrogen-bond acceptors (Lipinski definition) is 4. The van der Waals surface area contributed by atoms with E-state index in [4.69, 9.17) is 9.47 Å². The molecule has 1 amide bonds. The third kappa shape index (κ3) is 5.69. The topological polar surface area (TPSA) is 64.6 Å². The fraction of sp³-hybridized carbons (Fsp3) is 0.867. The van der Waals surface area contributed by atoms with Crippen LogP contribution in [0.4, 0.5) is 4.79 Å². The van der Waals surface area contributed by atoms with Crippen molar-refractivity contribution in [1.29, 1.82) is 0 Å². The van der Waals surface area contributed by atoms with Gasteiger partial charge in [0.25, 0.3) is 0 Å². The lowest BCUT2D eigenvalue weighted by molar-refractivity contribution is -0.159. The van der Waals surface area contributed by atoms with Gasteiger partial charge < -0.3 is 14.8 Å². The molecule has 0 aromatic carbocycles. The summed E-state index contributed by atoms with van der Waals surface area (Å²) in [5, 5.41) is 2.71. The van der Waals surface area contributed by atoms with Gasteiger partial charge in [-0.25, -0.2) is 9.59 Å². The van der Waals surface area contributed by atoms with Crippen LogP contribution in [0, 0.1) is 5.92 Å². The molecular weight excluding hydrogens is 286 g/mol. The summed E-state index contributed by atoms with van der Waals surface area (Å²) in [4.78, 5) is 24.1. The second-order valence-electron chi connectivity index (χ2n) is 8.15. The van der Waals surface area contributed by atoms with Gasteiger partial charge in [-0.15, -0.1) is 0 Å². The molecule has 0 saturated heterocycles. The van der Waals surface area contributed by atoms with Crippen molar-refractivity contribution in [1.82, 2.24) is 5.32 Å². The number of rotatable bonds is 5. The number of carbonyl (C=O) groups excluding carboxylic acids is 2. The maximum atomic E-state index is 12.2. The van der Waals surface area contributed by atoms with Gasteiger partial charge in [-0.05, 0) is 39.2 Å².